The second-order valence-electron chi connectivity index (χ2n) is 4.21. The predicted molar refractivity (Wildman–Crippen MR) is 65.4 cm³/mol. The predicted octanol–water partition coefficient (Wildman–Crippen LogP) is 1.89. The quantitative estimate of drug-likeness (QED) is 0.866. The summed E-state index contributed by atoms with van der Waals surface area (Å²) in [6, 6.07) is 6.90. The molecule has 0 aliphatic carbocycles. The minimum Gasteiger partial charge on any atom is -0.366 e. The first-order chi connectivity index (χ1) is 8.26. The van der Waals surface area contributed by atoms with Crippen LogP contribution < -0.4 is 10.2 Å². The minimum atomic E-state index is -0.356. The maximum atomic E-state index is 13.1. The number of halogens is 1. The van der Waals surface area contributed by atoms with E-state index < -0.39 is 0 Å². The summed E-state index contributed by atoms with van der Waals surface area (Å²) >= 11 is 0. The Morgan fingerprint density at radius 2 is 2.41 bits per heavy atom. The van der Waals surface area contributed by atoms with Gasteiger partial charge >= 0.3 is 0 Å². The van der Waals surface area contributed by atoms with Crippen molar-refractivity contribution in [1.82, 2.24) is 5.32 Å². The molecule has 1 aliphatic heterocycles. The van der Waals surface area contributed by atoms with Crippen LogP contribution in [0.1, 0.15) is 18.9 Å². The van der Waals surface area contributed by atoms with Gasteiger partial charge < -0.3 is 10.2 Å². The number of nitrogens with zero attached hydrogens (tertiary/aromatic N) is 2. The van der Waals surface area contributed by atoms with Gasteiger partial charge in [-0.25, -0.2) is 4.39 Å². The Kier molecular flexibility index (Phi) is 3.60. The maximum absolute atomic E-state index is 13.1. The average molecular weight is 233 g/mol. The Hall–Kier alpha value is -1.60. The molecule has 0 radical (unpaired) electrons. The van der Waals surface area contributed by atoms with Crippen LogP contribution in [-0.4, -0.2) is 25.7 Å². The molecule has 1 N–H and O–H groups in total. The molecule has 1 unspecified atom stereocenters. The SMILES string of the molecule is CCN(c1ccc(F)cc1C#N)C1CCNC1. The van der Waals surface area contributed by atoms with Crippen LogP contribution in [0.3, 0.4) is 0 Å². The molecule has 0 amide bonds. The lowest BCUT2D eigenvalue weighted by atomic mass is 10.1. The van der Waals surface area contributed by atoms with Crippen LogP contribution in [0.15, 0.2) is 18.2 Å². The zero-order chi connectivity index (χ0) is 12.3. The van der Waals surface area contributed by atoms with Gasteiger partial charge in [-0.05, 0) is 38.1 Å². The molecule has 0 saturated carbocycles. The number of rotatable bonds is 3. The lowest BCUT2D eigenvalue weighted by Gasteiger charge is -2.30. The highest BCUT2D eigenvalue weighted by Gasteiger charge is 2.23. The second-order valence-corrected chi connectivity index (χ2v) is 4.21. The first-order valence-corrected chi connectivity index (χ1v) is 5.93. The first-order valence-electron chi connectivity index (χ1n) is 5.93. The van der Waals surface area contributed by atoms with Crippen molar-refractivity contribution in [3.8, 4) is 6.07 Å². The number of nitriles is 1. The van der Waals surface area contributed by atoms with Gasteiger partial charge in [0.25, 0.3) is 0 Å². The summed E-state index contributed by atoms with van der Waals surface area (Å²) in [6.45, 7) is 4.82. The standard InChI is InChI=1S/C13H16FN3/c1-2-17(12-5-6-16-9-12)13-4-3-11(14)7-10(13)8-15/h3-4,7,12,16H,2,5-6,9H2,1H3. The van der Waals surface area contributed by atoms with Gasteiger partial charge in [0.15, 0.2) is 0 Å². The van der Waals surface area contributed by atoms with Crippen molar-refractivity contribution >= 4 is 5.69 Å². The molecule has 1 aromatic rings. The summed E-state index contributed by atoms with van der Waals surface area (Å²) in [6.07, 6.45) is 1.07. The zero-order valence-corrected chi connectivity index (χ0v) is 9.91. The molecule has 4 heteroatoms. The molecule has 0 aromatic heterocycles. The highest BCUT2D eigenvalue weighted by molar-refractivity contribution is 5.60. The molecular formula is C13H16FN3. The Bertz CT molecular complexity index is 433. The molecular weight excluding hydrogens is 217 g/mol. The molecule has 0 spiro atoms. The Labute approximate surface area is 101 Å². The summed E-state index contributed by atoms with van der Waals surface area (Å²) in [7, 11) is 0. The minimum absolute atomic E-state index is 0.356. The van der Waals surface area contributed by atoms with Crippen LogP contribution in [0.4, 0.5) is 10.1 Å². The topological polar surface area (TPSA) is 39.1 Å². The second kappa shape index (κ2) is 5.15. The van der Waals surface area contributed by atoms with E-state index in [1.165, 1.54) is 12.1 Å². The van der Waals surface area contributed by atoms with Crippen LogP contribution >= 0.6 is 0 Å². The fourth-order valence-corrected chi connectivity index (χ4v) is 2.38. The van der Waals surface area contributed by atoms with Crippen LogP contribution in [0, 0.1) is 17.1 Å². The third-order valence-electron chi connectivity index (χ3n) is 3.20. The molecule has 90 valence electrons. The average Bonchev–Trinajstić information content (AvgIpc) is 2.85. The Morgan fingerprint density at radius 1 is 1.59 bits per heavy atom. The number of benzene rings is 1. The maximum Gasteiger partial charge on any atom is 0.124 e. The molecule has 1 atom stereocenters. The van der Waals surface area contributed by atoms with Gasteiger partial charge in [-0.1, -0.05) is 0 Å². The van der Waals surface area contributed by atoms with E-state index in [1.54, 1.807) is 6.07 Å². The smallest absolute Gasteiger partial charge is 0.124 e. The Balaban J connectivity index is 2.33. The molecule has 1 fully saturated rings. The molecule has 17 heavy (non-hydrogen) atoms. The number of likely N-dealkylation sites (N-methyl/N-ethyl adjacent to an activating group) is 1. The van der Waals surface area contributed by atoms with E-state index in [2.05, 4.69) is 23.2 Å². The van der Waals surface area contributed by atoms with Gasteiger partial charge in [0.2, 0.25) is 0 Å². The lowest BCUT2D eigenvalue weighted by molar-refractivity contribution is 0.622. The summed E-state index contributed by atoms with van der Waals surface area (Å²) in [5.41, 5.74) is 1.25. The lowest BCUT2D eigenvalue weighted by Crippen LogP contribution is -2.37. The van der Waals surface area contributed by atoms with E-state index in [4.69, 9.17) is 5.26 Å². The highest BCUT2D eigenvalue weighted by Crippen LogP contribution is 2.24. The van der Waals surface area contributed by atoms with E-state index in [0.717, 1.165) is 31.7 Å². The van der Waals surface area contributed by atoms with Crippen molar-refractivity contribution in [1.29, 1.82) is 5.26 Å². The van der Waals surface area contributed by atoms with Gasteiger partial charge in [0, 0.05) is 19.1 Å². The molecule has 0 bridgehead atoms. The molecule has 1 heterocycles. The number of nitrogens with one attached hydrogen (secondary N) is 1. The normalized spacial score (nSPS) is 19.0. The van der Waals surface area contributed by atoms with E-state index in [0.29, 0.717) is 11.6 Å². The third kappa shape index (κ3) is 2.40. The summed E-state index contributed by atoms with van der Waals surface area (Å²) in [4.78, 5) is 2.18. The molecule has 1 saturated heterocycles. The fraction of sp³-hybridized carbons (Fsp3) is 0.462. The van der Waals surface area contributed by atoms with E-state index >= 15 is 0 Å². The summed E-state index contributed by atoms with van der Waals surface area (Å²) in [5, 5.41) is 12.4. The van der Waals surface area contributed by atoms with E-state index in [9.17, 15) is 4.39 Å². The third-order valence-corrected chi connectivity index (χ3v) is 3.20. The van der Waals surface area contributed by atoms with Gasteiger partial charge in [0.05, 0.1) is 11.3 Å². The first kappa shape index (κ1) is 11.9. The number of hydrogen-bond acceptors (Lipinski definition) is 3. The van der Waals surface area contributed by atoms with Gasteiger partial charge in [-0.3, -0.25) is 0 Å². The van der Waals surface area contributed by atoms with Gasteiger partial charge in [-0.15, -0.1) is 0 Å². The summed E-state index contributed by atoms with van der Waals surface area (Å²) in [5.74, 6) is -0.356. The van der Waals surface area contributed by atoms with E-state index in [1.807, 2.05) is 0 Å². The van der Waals surface area contributed by atoms with E-state index in [-0.39, 0.29) is 5.82 Å². The van der Waals surface area contributed by atoms with Gasteiger partial charge in [-0.2, -0.15) is 5.26 Å². The fourth-order valence-electron chi connectivity index (χ4n) is 2.38. The van der Waals surface area contributed by atoms with Gasteiger partial charge in [0.1, 0.15) is 11.9 Å². The summed E-state index contributed by atoms with van der Waals surface area (Å²) < 4.78 is 13.1. The zero-order valence-electron chi connectivity index (χ0n) is 9.91. The highest BCUT2D eigenvalue weighted by atomic mass is 19.1. The molecule has 1 aromatic carbocycles. The van der Waals surface area contributed by atoms with Crippen LogP contribution in [0.25, 0.3) is 0 Å². The molecule has 3 nitrogen and oxygen atoms in total. The number of anilines is 1. The Morgan fingerprint density at radius 3 is 3.00 bits per heavy atom. The van der Waals surface area contributed by atoms with Crippen molar-refractivity contribution in [3.63, 3.8) is 0 Å². The van der Waals surface area contributed by atoms with Crippen molar-refractivity contribution in [2.24, 2.45) is 0 Å². The largest absolute Gasteiger partial charge is 0.366 e. The van der Waals surface area contributed by atoms with Crippen molar-refractivity contribution in [3.05, 3.63) is 29.6 Å². The van der Waals surface area contributed by atoms with Crippen molar-refractivity contribution in [2.75, 3.05) is 24.5 Å². The van der Waals surface area contributed by atoms with Crippen LogP contribution in [-0.2, 0) is 0 Å². The van der Waals surface area contributed by atoms with Crippen molar-refractivity contribution < 1.29 is 4.39 Å². The van der Waals surface area contributed by atoms with Crippen LogP contribution in [0.2, 0.25) is 0 Å². The monoisotopic (exact) mass is 233 g/mol. The number of hydrogen-bond donors (Lipinski definition) is 1. The molecule has 1 aliphatic rings. The van der Waals surface area contributed by atoms with Crippen LogP contribution in [0.5, 0.6) is 0 Å². The van der Waals surface area contributed by atoms with Crippen molar-refractivity contribution in [2.45, 2.75) is 19.4 Å². The molecule has 2 rings (SSSR count).